The molecule has 2 aromatic heterocycles. The van der Waals surface area contributed by atoms with E-state index in [1.54, 1.807) is 28.7 Å². The molecular weight excluding hydrogens is 424 g/mol. The molecule has 7 nitrogen and oxygen atoms in total. The fourth-order valence-electron chi connectivity index (χ4n) is 3.41. The zero-order valence-electron chi connectivity index (χ0n) is 16.4. The summed E-state index contributed by atoms with van der Waals surface area (Å²) in [7, 11) is 0. The third kappa shape index (κ3) is 4.49. The van der Waals surface area contributed by atoms with Gasteiger partial charge >= 0.3 is 0 Å². The topological polar surface area (TPSA) is 87.5 Å². The highest BCUT2D eigenvalue weighted by Gasteiger charge is 2.35. The van der Waals surface area contributed by atoms with Crippen molar-refractivity contribution in [2.24, 2.45) is 0 Å². The van der Waals surface area contributed by atoms with Gasteiger partial charge in [0.15, 0.2) is 5.13 Å². The quantitative estimate of drug-likeness (QED) is 0.589. The van der Waals surface area contributed by atoms with Crippen molar-refractivity contribution in [1.29, 1.82) is 0 Å². The Balaban J connectivity index is 1.42. The molecular formula is C21H21ClN4O3S. The molecule has 1 fully saturated rings. The van der Waals surface area contributed by atoms with E-state index in [0.29, 0.717) is 41.1 Å². The van der Waals surface area contributed by atoms with Crippen molar-refractivity contribution in [1.82, 2.24) is 15.2 Å². The lowest BCUT2D eigenvalue weighted by molar-refractivity contribution is -0.125. The van der Waals surface area contributed by atoms with Gasteiger partial charge in [0.1, 0.15) is 17.5 Å². The standard InChI is InChI=1S/C21H21ClN4O3S/c1-13-6-7-14(22)10-16(13)24-21-25-17(12-30-21)20(28)26-8-2-5-18(26)19(27)23-11-15-4-3-9-29-15/h3-4,6-7,9-10,12,18H,2,5,8,11H2,1H3,(H,23,27)(H,24,25). The second kappa shape index (κ2) is 8.89. The zero-order valence-corrected chi connectivity index (χ0v) is 17.9. The van der Waals surface area contributed by atoms with Crippen molar-refractivity contribution in [3.05, 3.63) is 64.0 Å². The van der Waals surface area contributed by atoms with Gasteiger partial charge in [0, 0.05) is 22.6 Å². The summed E-state index contributed by atoms with van der Waals surface area (Å²) in [5, 5.41) is 8.98. The first kappa shape index (κ1) is 20.4. The highest BCUT2D eigenvalue weighted by Crippen LogP contribution is 2.27. The molecule has 2 N–H and O–H groups in total. The second-order valence-corrected chi connectivity index (χ2v) is 8.37. The predicted octanol–water partition coefficient (Wildman–Crippen LogP) is 4.36. The molecule has 1 aliphatic rings. The van der Waals surface area contributed by atoms with E-state index in [1.807, 2.05) is 25.1 Å². The summed E-state index contributed by atoms with van der Waals surface area (Å²) in [6.45, 7) is 2.80. The molecule has 4 rings (SSSR count). The molecule has 0 aliphatic carbocycles. The summed E-state index contributed by atoms with van der Waals surface area (Å²) in [5.41, 5.74) is 2.19. The average molecular weight is 445 g/mol. The van der Waals surface area contributed by atoms with E-state index in [4.69, 9.17) is 16.0 Å². The molecule has 0 bridgehead atoms. The molecule has 0 radical (unpaired) electrons. The lowest BCUT2D eigenvalue weighted by atomic mass is 10.2. The molecule has 3 heterocycles. The summed E-state index contributed by atoms with van der Waals surface area (Å²) >= 11 is 7.41. The van der Waals surface area contributed by atoms with Crippen molar-refractivity contribution < 1.29 is 14.0 Å². The van der Waals surface area contributed by atoms with E-state index >= 15 is 0 Å². The van der Waals surface area contributed by atoms with Gasteiger partial charge in [-0.2, -0.15) is 0 Å². The van der Waals surface area contributed by atoms with Crippen molar-refractivity contribution in [2.75, 3.05) is 11.9 Å². The molecule has 9 heteroatoms. The predicted molar refractivity (Wildman–Crippen MR) is 116 cm³/mol. The van der Waals surface area contributed by atoms with Crippen LogP contribution < -0.4 is 10.6 Å². The smallest absolute Gasteiger partial charge is 0.274 e. The molecule has 1 aliphatic heterocycles. The molecule has 1 unspecified atom stereocenters. The van der Waals surface area contributed by atoms with Gasteiger partial charge in [-0.1, -0.05) is 17.7 Å². The number of rotatable bonds is 6. The molecule has 0 saturated carbocycles. The maximum atomic E-state index is 13.0. The number of amides is 2. The molecule has 3 aromatic rings. The fourth-order valence-corrected chi connectivity index (χ4v) is 4.28. The van der Waals surface area contributed by atoms with Gasteiger partial charge < -0.3 is 20.0 Å². The van der Waals surface area contributed by atoms with Crippen LogP contribution in [0.2, 0.25) is 5.02 Å². The average Bonchev–Trinajstić information content (AvgIpc) is 3.50. The van der Waals surface area contributed by atoms with E-state index in [-0.39, 0.29) is 11.8 Å². The van der Waals surface area contributed by atoms with Crippen molar-refractivity contribution in [2.45, 2.75) is 32.4 Å². The third-order valence-electron chi connectivity index (χ3n) is 5.00. The van der Waals surface area contributed by atoms with Crippen LogP contribution in [0.1, 0.15) is 34.7 Å². The van der Waals surface area contributed by atoms with Gasteiger partial charge in [-0.05, 0) is 49.6 Å². The Morgan fingerprint density at radius 2 is 2.23 bits per heavy atom. The van der Waals surface area contributed by atoms with Crippen molar-refractivity contribution in [3.8, 4) is 0 Å². The first-order valence-electron chi connectivity index (χ1n) is 9.61. The Kier molecular flexibility index (Phi) is 6.06. The summed E-state index contributed by atoms with van der Waals surface area (Å²) in [4.78, 5) is 31.6. The molecule has 1 aromatic carbocycles. The normalized spacial score (nSPS) is 15.9. The van der Waals surface area contributed by atoms with Crippen LogP contribution in [0, 0.1) is 6.92 Å². The van der Waals surface area contributed by atoms with Crippen LogP contribution in [0.3, 0.4) is 0 Å². The number of nitrogens with zero attached hydrogens (tertiary/aromatic N) is 2. The van der Waals surface area contributed by atoms with Crippen LogP contribution in [-0.4, -0.2) is 34.3 Å². The first-order chi connectivity index (χ1) is 14.5. The molecule has 156 valence electrons. The van der Waals surface area contributed by atoms with Gasteiger partial charge in [0.2, 0.25) is 5.91 Å². The van der Waals surface area contributed by atoms with Crippen LogP contribution in [0.5, 0.6) is 0 Å². The van der Waals surface area contributed by atoms with E-state index < -0.39 is 6.04 Å². The number of anilines is 2. The number of carbonyl (C=O) groups excluding carboxylic acids is 2. The summed E-state index contributed by atoms with van der Waals surface area (Å²) in [5.74, 6) is 0.254. The van der Waals surface area contributed by atoms with Crippen molar-refractivity contribution >= 4 is 45.6 Å². The Bertz CT molecular complexity index is 1050. The zero-order chi connectivity index (χ0) is 21.1. The van der Waals surface area contributed by atoms with Crippen LogP contribution in [0.15, 0.2) is 46.4 Å². The number of likely N-dealkylation sites (tertiary alicyclic amines) is 1. The number of halogens is 1. The Morgan fingerprint density at radius 1 is 1.37 bits per heavy atom. The minimum absolute atomic E-state index is 0.180. The highest BCUT2D eigenvalue weighted by atomic mass is 35.5. The molecule has 1 atom stereocenters. The molecule has 0 spiro atoms. The minimum atomic E-state index is -0.499. The molecule has 1 saturated heterocycles. The van der Waals surface area contributed by atoms with Crippen LogP contribution in [0.4, 0.5) is 10.8 Å². The number of thiazole rings is 1. The first-order valence-corrected chi connectivity index (χ1v) is 10.9. The van der Waals surface area contributed by atoms with Gasteiger partial charge in [-0.3, -0.25) is 9.59 Å². The summed E-state index contributed by atoms with van der Waals surface area (Å²) < 4.78 is 5.24. The van der Waals surface area contributed by atoms with E-state index in [0.717, 1.165) is 17.7 Å². The van der Waals surface area contributed by atoms with Gasteiger partial charge in [0.05, 0.1) is 12.8 Å². The number of benzene rings is 1. The number of aryl methyl sites for hydroxylation is 1. The maximum Gasteiger partial charge on any atom is 0.274 e. The number of hydrogen-bond donors (Lipinski definition) is 2. The molecule has 30 heavy (non-hydrogen) atoms. The minimum Gasteiger partial charge on any atom is -0.467 e. The van der Waals surface area contributed by atoms with Crippen LogP contribution in [-0.2, 0) is 11.3 Å². The highest BCUT2D eigenvalue weighted by molar-refractivity contribution is 7.14. The number of hydrogen-bond acceptors (Lipinski definition) is 6. The molecule has 2 amide bonds. The third-order valence-corrected chi connectivity index (χ3v) is 5.99. The second-order valence-electron chi connectivity index (χ2n) is 7.08. The Morgan fingerprint density at radius 3 is 3.03 bits per heavy atom. The Labute approximate surface area is 183 Å². The monoisotopic (exact) mass is 444 g/mol. The summed E-state index contributed by atoms with van der Waals surface area (Å²) in [6.07, 6.45) is 2.97. The SMILES string of the molecule is Cc1ccc(Cl)cc1Nc1nc(C(=O)N2CCCC2C(=O)NCc2ccco2)cs1. The van der Waals surface area contributed by atoms with E-state index in [9.17, 15) is 9.59 Å². The van der Waals surface area contributed by atoms with Crippen molar-refractivity contribution in [3.63, 3.8) is 0 Å². The van der Waals surface area contributed by atoms with Gasteiger partial charge in [-0.15, -0.1) is 11.3 Å². The largest absolute Gasteiger partial charge is 0.467 e. The van der Waals surface area contributed by atoms with Crippen LogP contribution in [0.25, 0.3) is 0 Å². The fraction of sp³-hybridized carbons (Fsp3) is 0.286. The lowest BCUT2D eigenvalue weighted by Gasteiger charge is -2.23. The number of nitrogens with one attached hydrogen (secondary N) is 2. The van der Waals surface area contributed by atoms with Gasteiger partial charge in [-0.25, -0.2) is 4.98 Å². The maximum absolute atomic E-state index is 13.0. The number of aromatic nitrogens is 1. The Hall–Kier alpha value is -2.84. The van der Waals surface area contributed by atoms with E-state index in [2.05, 4.69) is 15.6 Å². The van der Waals surface area contributed by atoms with Crippen LogP contribution >= 0.6 is 22.9 Å². The number of carbonyl (C=O) groups is 2. The van der Waals surface area contributed by atoms with E-state index in [1.165, 1.54) is 11.3 Å². The number of furan rings is 1. The summed E-state index contributed by atoms with van der Waals surface area (Å²) in [6, 6.07) is 8.62. The van der Waals surface area contributed by atoms with Gasteiger partial charge in [0.25, 0.3) is 5.91 Å². The lowest BCUT2D eigenvalue weighted by Crippen LogP contribution is -2.45.